The summed E-state index contributed by atoms with van der Waals surface area (Å²) < 4.78 is 0. The van der Waals surface area contributed by atoms with E-state index in [9.17, 15) is 5.11 Å². The first-order chi connectivity index (χ1) is 12.2. The van der Waals surface area contributed by atoms with Gasteiger partial charge in [-0.3, -0.25) is 0 Å². The lowest BCUT2D eigenvalue weighted by Crippen LogP contribution is -2.38. The van der Waals surface area contributed by atoms with Gasteiger partial charge in [-0.05, 0) is 73.6 Å². The molecule has 0 heterocycles. The van der Waals surface area contributed by atoms with Gasteiger partial charge in [0.15, 0.2) is 0 Å². The fourth-order valence-electron chi connectivity index (χ4n) is 3.65. The maximum Gasteiger partial charge on any atom is 0.0474 e. The highest BCUT2D eigenvalue weighted by Crippen LogP contribution is 2.34. The zero-order chi connectivity index (χ0) is 17.6. The second-order valence-electron chi connectivity index (χ2n) is 7.66. The van der Waals surface area contributed by atoms with Crippen LogP contribution in [-0.2, 0) is 12.8 Å². The number of aliphatic hydroxyl groups is 1. The average molecular weight is 338 g/mol. The van der Waals surface area contributed by atoms with Crippen molar-refractivity contribution in [1.82, 2.24) is 5.32 Å². The molecule has 2 unspecified atom stereocenters. The summed E-state index contributed by atoms with van der Waals surface area (Å²) >= 11 is 0. The summed E-state index contributed by atoms with van der Waals surface area (Å²) in [5, 5.41) is 13.6. The molecule has 0 aromatic heterocycles. The molecule has 0 aliphatic heterocycles. The summed E-state index contributed by atoms with van der Waals surface area (Å²) in [5.41, 5.74) is 5.50. The quantitative estimate of drug-likeness (QED) is 0.723. The van der Waals surface area contributed by atoms with Crippen LogP contribution >= 0.6 is 0 Å². The van der Waals surface area contributed by atoms with Crippen LogP contribution in [0.15, 0.2) is 48.5 Å². The van der Waals surface area contributed by atoms with E-state index in [0.717, 1.165) is 25.3 Å². The van der Waals surface area contributed by atoms with E-state index in [-0.39, 0.29) is 12.5 Å². The van der Waals surface area contributed by atoms with Crippen molar-refractivity contribution in [2.75, 3.05) is 13.2 Å². The molecule has 0 bridgehead atoms. The molecule has 2 aromatic carbocycles. The molecule has 3 rings (SSSR count). The third kappa shape index (κ3) is 5.17. The van der Waals surface area contributed by atoms with E-state index in [2.05, 4.69) is 67.7 Å². The highest BCUT2D eigenvalue weighted by molar-refractivity contribution is 5.27. The van der Waals surface area contributed by atoms with Gasteiger partial charge in [0.1, 0.15) is 0 Å². The van der Waals surface area contributed by atoms with Crippen LogP contribution in [0.1, 0.15) is 35.1 Å². The van der Waals surface area contributed by atoms with Crippen molar-refractivity contribution in [2.45, 2.75) is 45.6 Å². The van der Waals surface area contributed by atoms with Gasteiger partial charge in [0.05, 0.1) is 0 Å². The minimum absolute atomic E-state index is 0.239. The van der Waals surface area contributed by atoms with E-state index in [1.165, 1.54) is 35.1 Å². The molecule has 2 aromatic rings. The molecule has 134 valence electrons. The first kappa shape index (κ1) is 18.2. The van der Waals surface area contributed by atoms with Crippen molar-refractivity contribution in [2.24, 2.45) is 11.8 Å². The highest BCUT2D eigenvalue weighted by atomic mass is 16.3. The Morgan fingerprint density at radius 2 is 1.48 bits per heavy atom. The molecule has 0 amide bonds. The van der Waals surface area contributed by atoms with E-state index < -0.39 is 0 Å². The first-order valence-electron chi connectivity index (χ1n) is 9.60. The van der Waals surface area contributed by atoms with Crippen molar-refractivity contribution in [1.29, 1.82) is 0 Å². The zero-order valence-corrected chi connectivity index (χ0v) is 15.5. The number of nitrogens with one attached hydrogen (secondary N) is 1. The van der Waals surface area contributed by atoms with E-state index >= 15 is 0 Å². The minimum Gasteiger partial charge on any atom is -0.396 e. The van der Waals surface area contributed by atoms with Crippen molar-refractivity contribution >= 4 is 0 Å². The molecule has 2 atom stereocenters. The Hall–Kier alpha value is -1.64. The maximum absolute atomic E-state index is 9.84. The van der Waals surface area contributed by atoms with Gasteiger partial charge in [0, 0.05) is 19.2 Å². The molecular weight excluding hydrogens is 306 g/mol. The third-order valence-corrected chi connectivity index (χ3v) is 5.59. The average Bonchev–Trinajstić information content (AvgIpc) is 3.45. The number of rotatable bonds is 9. The van der Waals surface area contributed by atoms with E-state index in [4.69, 9.17) is 0 Å². The van der Waals surface area contributed by atoms with Crippen LogP contribution < -0.4 is 5.32 Å². The normalized spacial score (nSPS) is 16.6. The lowest BCUT2D eigenvalue weighted by molar-refractivity contribution is 0.216. The predicted octanol–water partition coefficient (Wildman–Crippen LogP) is 4.07. The van der Waals surface area contributed by atoms with Crippen LogP contribution in [0.4, 0.5) is 0 Å². The molecule has 0 saturated heterocycles. The molecule has 2 nitrogen and oxygen atoms in total. The van der Waals surface area contributed by atoms with Gasteiger partial charge in [-0.25, -0.2) is 0 Å². The van der Waals surface area contributed by atoms with E-state index in [1.54, 1.807) is 0 Å². The van der Waals surface area contributed by atoms with Gasteiger partial charge in [0.25, 0.3) is 0 Å². The maximum atomic E-state index is 9.84. The van der Waals surface area contributed by atoms with Crippen LogP contribution in [0, 0.1) is 25.7 Å². The second-order valence-corrected chi connectivity index (χ2v) is 7.66. The van der Waals surface area contributed by atoms with E-state index in [1.807, 2.05) is 0 Å². The standard InChI is InChI=1S/C23H31NO/c1-17-7-3-5-9-21(17)13-19(16-25)15-24-23(20-11-12-20)14-22-10-6-4-8-18(22)2/h3-10,19-20,23-25H,11-16H2,1-2H3. The van der Waals surface area contributed by atoms with Crippen molar-refractivity contribution < 1.29 is 5.11 Å². The number of aryl methyl sites for hydroxylation is 2. The molecule has 1 saturated carbocycles. The summed E-state index contributed by atoms with van der Waals surface area (Å²) in [6, 6.07) is 17.8. The molecule has 1 aliphatic rings. The number of hydrogen-bond acceptors (Lipinski definition) is 2. The summed E-state index contributed by atoms with van der Waals surface area (Å²) in [7, 11) is 0. The first-order valence-corrected chi connectivity index (χ1v) is 9.60. The smallest absolute Gasteiger partial charge is 0.0474 e. The Balaban J connectivity index is 1.58. The molecule has 2 heteroatoms. The molecule has 1 fully saturated rings. The number of hydrogen-bond donors (Lipinski definition) is 2. The summed E-state index contributed by atoms with van der Waals surface area (Å²) in [6.07, 6.45) is 4.72. The van der Waals surface area contributed by atoms with Crippen LogP contribution in [0.5, 0.6) is 0 Å². The molecule has 0 radical (unpaired) electrons. The SMILES string of the molecule is Cc1ccccc1CC(CO)CNC(Cc1ccccc1C)C1CC1. The van der Waals surface area contributed by atoms with Gasteiger partial charge < -0.3 is 10.4 Å². The van der Waals surface area contributed by atoms with Crippen LogP contribution in [0.2, 0.25) is 0 Å². The lowest BCUT2D eigenvalue weighted by Gasteiger charge is -2.23. The molecular formula is C23H31NO. The Morgan fingerprint density at radius 1 is 0.920 bits per heavy atom. The highest BCUT2D eigenvalue weighted by Gasteiger charge is 2.31. The van der Waals surface area contributed by atoms with Crippen molar-refractivity contribution in [3.05, 3.63) is 70.8 Å². The minimum atomic E-state index is 0.239. The Labute approximate surface area is 152 Å². The van der Waals surface area contributed by atoms with Gasteiger partial charge >= 0.3 is 0 Å². The molecule has 2 N–H and O–H groups in total. The summed E-state index contributed by atoms with van der Waals surface area (Å²) in [4.78, 5) is 0. The van der Waals surface area contributed by atoms with Crippen molar-refractivity contribution in [3.8, 4) is 0 Å². The Bertz CT molecular complexity index is 677. The van der Waals surface area contributed by atoms with Crippen LogP contribution in [-0.4, -0.2) is 24.3 Å². The molecule has 1 aliphatic carbocycles. The van der Waals surface area contributed by atoms with Crippen LogP contribution in [0.3, 0.4) is 0 Å². The predicted molar refractivity (Wildman–Crippen MR) is 105 cm³/mol. The van der Waals surface area contributed by atoms with E-state index in [0.29, 0.717) is 6.04 Å². The monoisotopic (exact) mass is 337 g/mol. The summed E-state index contributed by atoms with van der Waals surface area (Å²) in [6.45, 7) is 5.48. The van der Waals surface area contributed by atoms with Gasteiger partial charge in [-0.15, -0.1) is 0 Å². The number of aliphatic hydroxyl groups excluding tert-OH is 1. The van der Waals surface area contributed by atoms with Crippen LogP contribution in [0.25, 0.3) is 0 Å². The third-order valence-electron chi connectivity index (χ3n) is 5.59. The zero-order valence-electron chi connectivity index (χ0n) is 15.5. The number of benzene rings is 2. The topological polar surface area (TPSA) is 32.3 Å². The van der Waals surface area contributed by atoms with Gasteiger partial charge in [-0.2, -0.15) is 0 Å². The Kier molecular flexibility index (Phi) is 6.28. The lowest BCUT2D eigenvalue weighted by atomic mass is 9.95. The molecule has 25 heavy (non-hydrogen) atoms. The Morgan fingerprint density at radius 3 is 2.00 bits per heavy atom. The second kappa shape index (κ2) is 8.64. The van der Waals surface area contributed by atoms with Gasteiger partial charge in [-0.1, -0.05) is 48.5 Å². The van der Waals surface area contributed by atoms with Crippen molar-refractivity contribution in [3.63, 3.8) is 0 Å². The van der Waals surface area contributed by atoms with Gasteiger partial charge in [0.2, 0.25) is 0 Å². The summed E-state index contributed by atoms with van der Waals surface area (Å²) in [5.74, 6) is 1.08. The fourth-order valence-corrected chi connectivity index (χ4v) is 3.65. The molecule has 0 spiro atoms. The fraction of sp³-hybridized carbons (Fsp3) is 0.478. The largest absolute Gasteiger partial charge is 0.396 e.